The van der Waals surface area contributed by atoms with Crippen LogP contribution in [0.4, 0.5) is 0 Å². The minimum Gasteiger partial charge on any atom is -0.490 e. The van der Waals surface area contributed by atoms with Gasteiger partial charge in [-0.05, 0) is 44.9 Å². The second-order valence-electron chi connectivity index (χ2n) is 4.61. The fourth-order valence-corrected chi connectivity index (χ4v) is 1.85. The van der Waals surface area contributed by atoms with Crippen molar-refractivity contribution >= 4 is 5.78 Å². The molecule has 0 saturated heterocycles. The average molecular weight is 263 g/mol. The molecule has 1 aromatic rings. The van der Waals surface area contributed by atoms with Crippen LogP contribution in [0.25, 0.3) is 0 Å². The Morgan fingerprint density at radius 1 is 1.21 bits per heavy atom. The summed E-state index contributed by atoms with van der Waals surface area (Å²) in [4.78, 5) is 12.0. The van der Waals surface area contributed by atoms with Crippen molar-refractivity contribution in [1.29, 1.82) is 0 Å². The molecule has 1 aliphatic rings. The van der Waals surface area contributed by atoms with Gasteiger partial charge in [0.25, 0.3) is 0 Å². The minimum absolute atomic E-state index is 0.0934. The Hall–Kier alpha value is -1.55. The van der Waals surface area contributed by atoms with Crippen LogP contribution in [0.2, 0.25) is 0 Å². The quantitative estimate of drug-likeness (QED) is 0.732. The number of hydrogen-bond donors (Lipinski definition) is 1. The molecule has 1 aromatic carbocycles. The monoisotopic (exact) mass is 263 g/mol. The maximum Gasteiger partial charge on any atom is 0.176 e. The Kier molecular flexibility index (Phi) is 4.80. The van der Waals surface area contributed by atoms with Gasteiger partial charge in [-0.2, -0.15) is 0 Å². The average Bonchev–Trinajstić information content (AvgIpc) is 3.22. The predicted octanol–water partition coefficient (Wildman–Crippen LogP) is 2.42. The maximum atomic E-state index is 12.0. The number of ketones is 1. The Morgan fingerprint density at radius 2 is 1.89 bits per heavy atom. The first-order valence-corrected chi connectivity index (χ1v) is 6.90. The lowest BCUT2D eigenvalue weighted by molar-refractivity contribution is 0.0990. The molecule has 0 radical (unpaired) electrons. The van der Waals surface area contributed by atoms with E-state index in [0.29, 0.717) is 42.9 Å². The van der Waals surface area contributed by atoms with E-state index in [2.05, 4.69) is 5.32 Å². The van der Waals surface area contributed by atoms with Crippen molar-refractivity contribution in [3.63, 3.8) is 0 Å². The second kappa shape index (κ2) is 6.57. The summed E-state index contributed by atoms with van der Waals surface area (Å²) in [6.07, 6.45) is 2.36. The first-order chi connectivity index (χ1) is 9.24. The van der Waals surface area contributed by atoms with Crippen molar-refractivity contribution in [2.45, 2.75) is 32.7 Å². The molecule has 4 heteroatoms. The zero-order valence-electron chi connectivity index (χ0n) is 11.6. The van der Waals surface area contributed by atoms with Crippen molar-refractivity contribution in [2.75, 3.05) is 19.8 Å². The summed E-state index contributed by atoms with van der Waals surface area (Å²) in [5.74, 6) is 1.42. The van der Waals surface area contributed by atoms with E-state index in [0.717, 1.165) is 0 Å². The van der Waals surface area contributed by atoms with E-state index in [4.69, 9.17) is 9.47 Å². The molecule has 0 aliphatic heterocycles. The third-order valence-corrected chi connectivity index (χ3v) is 2.99. The first kappa shape index (κ1) is 13.9. The van der Waals surface area contributed by atoms with E-state index < -0.39 is 0 Å². The number of hydrogen-bond acceptors (Lipinski definition) is 4. The zero-order chi connectivity index (χ0) is 13.7. The molecule has 4 nitrogen and oxygen atoms in total. The van der Waals surface area contributed by atoms with Gasteiger partial charge in [-0.15, -0.1) is 0 Å². The minimum atomic E-state index is 0.0934. The number of benzene rings is 1. The van der Waals surface area contributed by atoms with Crippen LogP contribution in [0.3, 0.4) is 0 Å². The van der Waals surface area contributed by atoms with E-state index in [1.807, 2.05) is 13.8 Å². The largest absolute Gasteiger partial charge is 0.490 e. The summed E-state index contributed by atoms with van der Waals surface area (Å²) in [6, 6.07) is 5.91. The van der Waals surface area contributed by atoms with Gasteiger partial charge < -0.3 is 14.8 Å². The molecule has 0 unspecified atom stereocenters. The summed E-state index contributed by atoms with van der Waals surface area (Å²) < 4.78 is 11.0. The van der Waals surface area contributed by atoms with Gasteiger partial charge in [-0.25, -0.2) is 0 Å². The molecule has 1 aliphatic carbocycles. The molecule has 0 heterocycles. The molecule has 0 atom stereocenters. The number of Topliss-reactive ketones (excluding diaryl/α,β-unsaturated/α-hetero) is 1. The number of ether oxygens (including phenoxy) is 2. The topological polar surface area (TPSA) is 47.6 Å². The van der Waals surface area contributed by atoms with E-state index >= 15 is 0 Å². The lowest BCUT2D eigenvalue weighted by Crippen LogP contribution is -2.24. The number of carbonyl (C=O) groups is 1. The second-order valence-corrected chi connectivity index (χ2v) is 4.61. The third kappa shape index (κ3) is 3.96. The van der Waals surface area contributed by atoms with Crippen LogP contribution in [0.15, 0.2) is 18.2 Å². The van der Waals surface area contributed by atoms with Gasteiger partial charge in [0, 0.05) is 11.6 Å². The molecule has 0 bridgehead atoms. The van der Waals surface area contributed by atoms with Crippen LogP contribution in [-0.2, 0) is 0 Å². The van der Waals surface area contributed by atoms with E-state index in [-0.39, 0.29) is 5.78 Å². The lowest BCUT2D eigenvalue weighted by Gasteiger charge is -2.12. The van der Waals surface area contributed by atoms with E-state index in [1.54, 1.807) is 18.2 Å². The van der Waals surface area contributed by atoms with E-state index in [1.165, 1.54) is 12.8 Å². The molecular weight excluding hydrogens is 242 g/mol. The van der Waals surface area contributed by atoms with Crippen molar-refractivity contribution < 1.29 is 14.3 Å². The molecule has 1 fully saturated rings. The summed E-state index contributed by atoms with van der Waals surface area (Å²) in [6.45, 7) is 5.37. The molecule has 1 N–H and O–H groups in total. The number of carbonyl (C=O) groups excluding carboxylic acids is 1. The Morgan fingerprint density at radius 3 is 2.53 bits per heavy atom. The van der Waals surface area contributed by atoms with Crippen LogP contribution in [-0.4, -0.2) is 31.6 Å². The predicted molar refractivity (Wildman–Crippen MR) is 74.1 cm³/mol. The first-order valence-electron chi connectivity index (χ1n) is 6.90. The highest BCUT2D eigenvalue weighted by Gasteiger charge is 2.21. The van der Waals surface area contributed by atoms with Crippen LogP contribution < -0.4 is 14.8 Å². The number of nitrogens with one attached hydrogen (secondary N) is 1. The van der Waals surface area contributed by atoms with Crippen LogP contribution in [0.1, 0.15) is 37.0 Å². The zero-order valence-corrected chi connectivity index (χ0v) is 11.6. The molecule has 104 valence electrons. The molecular formula is C15H21NO3. The van der Waals surface area contributed by atoms with Crippen molar-refractivity contribution in [3.05, 3.63) is 23.8 Å². The lowest BCUT2D eigenvalue weighted by atomic mass is 10.1. The smallest absolute Gasteiger partial charge is 0.176 e. The SMILES string of the molecule is CCOc1ccc(C(=O)CNC2CC2)cc1OCC. The Bertz CT molecular complexity index is 441. The van der Waals surface area contributed by atoms with Crippen LogP contribution in [0.5, 0.6) is 11.5 Å². The van der Waals surface area contributed by atoms with Crippen molar-refractivity contribution in [3.8, 4) is 11.5 Å². The molecule has 0 aromatic heterocycles. The van der Waals surface area contributed by atoms with Gasteiger partial charge in [0.2, 0.25) is 0 Å². The molecule has 0 spiro atoms. The van der Waals surface area contributed by atoms with Crippen LogP contribution in [0, 0.1) is 0 Å². The molecule has 0 amide bonds. The van der Waals surface area contributed by atoms with Gasteiger partial charge in [-0.3, -0.25) is 4.79 Å². The molecule has 1 saturated carbocycles. The highest BCUT2D eigenvalue weighted by atomic mass is 16.5. The Labute approximate surface area is 114 Å². The van der Waals surface area contributed by atoms with Gasteiger partial charge >= 0.3 is 0 Å². The van der Waals surface area contributed by atoms with Crippen LogP contribution >= 0.6 is 0 Å². The van der Waals surface area contributed by atoms with Crippen molar-refractivity contribution in [1.82, 2.24) is 5.32 Å². The molecule has 2 rings (SSSR count). The van der Waals surface area contributed by atoms with Gasteiger partial charge in [-0.1, -0.05) is 0 Å². The summed E-state index contributed by atoms with van der Waals surface area (Å²) in [5.41, 5.74) is 0.667. The number of rotatable bonds is 8. The highest BCUT2D eigenvalue weighted by molar-refractivity contribution is 5.98. The van der Waals surface area contributed by atoms with E-state index in [9.17, 15) is 4.79 Å². The summed E-state index contributed by atoms with van der Waals surface area (Å²) in [5, 5.41) is 3.22. The van der Waals surface area contributed by atoms with Gasteiger partial charge in [0.1, 0.15) is 0 Å². The third-order valence-electron chi connectivity index (χ3n) is 2.99. The highest BCUT2D eigenvalue weighted by Crippen LogP contribution is 2.28. The van der Waals surface area contributed by atoms with Crippen molar-refractivity contribution in [2.24, 2.45) is 0 Å². The summed E-state index contributed by atoms with van der Waals surface area (Å²) >= 11 is 0. The standard InChI is InChI=1S/C15H21NO3/c1-3-18-14-8-5-11(9-15(14)19-4-2)13(17)10-16-12-6-7-12/h5,8-9,12,16H,3-4,6-7,10H2,1-2H3. The Balaban J connectivity index is 2.06. The summed E-state index contributed by atoms with van der Waals surface area (Å²) in [7, 11) is 0. The fourth-order valence-electron chi connectivity index (χ4n) is 1.85. The van der Waals surface area contributed by atoms with Gasteiger partial charge in [0.05, 0.1) is 19.8 Å². The van der Waals surface area contributed by atoms with Gasteiger partial charge in [0.15, 0.2) is 17.3 Å². The fraction of sp³-hybridized carbons (Fsp3) is 0.533. The molecule has 19 heavy (non-hydrogen) atoms. The normalized spacial score (nSPS) is 14.2. The maximum absolute atomic E-state index is 12.0.